The highest BCUT2D eigenvalue weighted by Gasteiger charge is 2.26. The number of amides is 1. The molecule has 3 heterocycles. The highest BCUT2D eigenvalue weighted by atomic mass is 79.9. The van der Waals surface area contributed by atoms with Gasteiger partial charge in [0.2, 0.25) is 6.79 Å². The Balaban J connectivity index is 1.34. The number of hydrogen-bond donors (Lipinski definition) is 1. The highest BCUT2D eigenvalue weighted by molar-refractivity contribution is 9.10. The molecule has 0 aliphatic carbocycles. The van der Waals surface area contributed by atoms with E-state index in [1.165, 1.54) is 10.5 Å². The van der Waals surface area contributed by atoms with E-state index in [4.69, 9.17) is 13.9 Å². The van der Waals surface area contributed by atoms with Crippen molar-refractivity contribution in [3.63, 3.8) is 0 Å². The van der Waals surface area contributed by atoms with Crippen LogP contribution in [0.4, 0.5) is 0 Å². The van der Waals surface area contributed by atoms with Gasteiger partial charge in [0.05, 0.1) is 26.2 Å². The molecule has 1 amide bonds. The van der Waals surface area contributed by atoms with Gasteiger partial charge in [-0.3, -0.25) is 4.79 Å². The number of hydrogen-bond acceptors (Lipinski definition) is 4. The van der Waals surface area contributed by atoms with Crippen LogP contribution in [0, 0.1) is 0 Å². The average molecular weight is 394 g/mol. The smallest absolute Gasteiger partial charge is 0.290 e. The number of nitrogens with one attached hydrogen (secondary N) is 1. The zero-order valence-corrected chi connectivity index (χ0v) is 14.7. The van der Waals surface area contributed by atoms with Crippen molar-refractivity contribution in [2.75, 3.05) is 33.0 Å². The van der Waals surface area contributed by atoms with Crippen molar-refractivity contribution in [3.8, 4) is 11.5 Å². The van der Waals surface area contributed by atoms with Crippen LogP contribution in [0.1, 0.15) is 16.1 Å². The number of quaternary nitrogens is 1. The molecule has 6 nitrogen and oxygen atoms in total. The SMILES string of the molecule is O=C(c1ccc(Br)o1)N1CC[NH+](Cc2ccc3c(c2)OCO3)CC1. The molecule has 4 rings (SSSR count). The molecule has 0 spiro atoms. The van der Waals surface area contributed by atoms with Gasteiger partial charge >= 0.3 is 0 Å². The van der Waals surface area contributed by atoms with Crippen LogP contribution >= 0.6 is 15.9 Å². The Morgan fingerprint density at radius 2 is 1.92 bits per heavy atom. The van der Waals surface area contributed by atoms with Gasteiger partial charge in [-0.15, -0.1) is 0 Å². The monoisotopic (exact) mass is 393 g/mol. The summed E-state index contributed by atoms with van der Waals surface area (Å²) in [6, 6.07) is 9.55. The fraction of sp³-hybridized carbons (Fsp3) is 0.353. The lowest BCUT2D eigenvalue weighted by molar-refractivity contribution is -0.917. The molecule has 1 N–H and O–H groups in total. The van der Waals surface area contributed by atoms with Crippen LogP contribution in [-0.2, 0) is 6.54 Å². The topological polar surface area (TPSA) is 56.4 Å². The molecule has 24 heavy (non-hydrogen) atoms. The molecule has 2 aliphatic rings. The molecular weight excluding hydrogens is 376 g/mol. The zero-order valence-electron chi connectivity index (χ0n) is 13.1. The second kappa shape index (κ2) is 6.49. The summed E-state index contributed by atoms with van der Waals surface area (Å²) in [5.74, 6) is 1.99. The van der Waals surface area contributed by atoms with Gasteiger partial charge in [0, 0.05) is 5.56 Å². The number of furan rings is 1. The maximum absolute atomic E-state index is 12.4. The molecule has 1 saturated heterocycles. The van der Waals surface area contributed by atoms with E-state index in [0.717, 1.165) is 44.2 Å². The van der Waals surface area contributed by atoms with Gasteiger partial charge in [-0.25, -0.2) is 0 Å². The molecule has 0 saturated carbocycles. The van der Waals surface area contributed by atoms with Crippen LogP contribution in [0.15, 0.2) is 39.4 Å². The number of halogens is 1. The van der Waals surface area contributed by atoms with Crippen molar-refractivity contribution >= 4 is 21.8 Å². The second-order valence-corrected chi connectivity index (χ2v) is 6.79. The Kier molecular flexibility index (Phi) is 4.20. The highest BCUT2D eigenvalue weighted by Crippen LogP contribution is 2.32. The van der Waals surface area contributed by atoms with Crippen molar-refractivity contribution in [3.05, 3.63) is 46.3 Å². The van der Waals surface area contributed by atoms with Crippen molar-refractivity contribution < 1.29 is 23.6 Å². The third-order valence-electron chi connectivity index (χ3n) is 4.43. The predicted octanol–water partition coefficient (Wildman–Crippen LogP) is 1.31. The summed E-state index contributed by atoms with van der Waals surface area (Å²) >= 11 is 3.23. The molecule has 126 valence electrons. The summed E-state index contributed by atoms with van der Waals surface area (Å²) in [5, 5.41) is 0. The molecule has 2 aliphatic heterocycles. The van der Waals surface area contributed by atoms with Crippen LogP contribution in [-0.4, -0.2) is 43.8 Å². The first-order chi connectivity index (χ1) is 11.7. The first-order valence-electron chi connectivity index (χ1n) is 7.96. The Morgan fingerprint density at radius 3 is 2.67 bits per heavy atom. The van der Waals surface area contributed by atoms with Gasteiger partial charge in [-0.2, -0.15) is 0 Å². The summed E-state index contributed by atoms with van der Waals surface area (Å²) in [5.41, 5.74) is 1.23. The number of fused-ring (bicyclic) bond motifs is 1. The number of carbonyl (C=O) groups is 1. The summed E-state index contributed by atoms with van der Waals surface area (Å²) in [4.78, 5) is 15.7. The molecule has 1 aromatic heterocycles. The van der Waals surface area contributed by atoms with E-state index in [9.17, 15) is 4.79 Å². The third-order valence-corrected chi connectivity index (χ3v) is 4.86. The summed E-state index contributed by atoms with van der Waals surface area (Å²) in [7, 11) is 0. The Bertz CT molecular complexity index is 753. The Morgan fingerprint density at radius 1 is 1.12 bits per heavy atom. The van der Waals surface area contributed by atoms with Crippen LogP contribution in [0.3, 0.4) is 0 Å². The van der Waals surface area contributed by atoms with Gasteiger partial charge < -0.3 is 23.7 Å². The molecule has 0 unspecified atom stereocenters. The number of nitrogens with zero attached hydrogens (tertiary/aromatic N) is 1. The molecule has 7 heteroatoms. The molecule has 0 radical (unpaired) electrons. The number of rotatable bonds is 3. The van der Waals surface area contributed by atoms with E-state index in [0.29, 0.717) is 17.2 Å². The first kappa shape index (κ1) is 15.5. The van der Waals surface area contributed by atoms with Crippen LogP contribution in [0.2, 0.25) is 0 Å². The van der Waals surface area contributed by atoms with Crippen LogP contribution in [0.25, 0.3) is 0 Å². The summed E-state index contributed by atoms with van der Waals surface area (Å²) < 4.78 is 16.7. The standard InChI is InChI=1S/C17H17BrN2O4/c18-16-4-3-14(24-16)17(21)20-7-5-19(6-8-20)10-12-1-2-13-15(9-12)23-11-22-13/h1-4,9H,5-8,10-11H2/p+1. The molecule has 1 fully saturated rings. The maximum atomic E-state index is 12.4. The molecular formula is C17H18BrN2O4+. The van der Waals surface area contributed by atoms with E-state index < -0.39 is 0 Å². The zero-order chi connectivity index (χ0) is 16.5. The lowest BCUT2D eigenvalue weighted by Gasteiger charge is -2.31. The first-order valence-corrected chi connectivity index (χ1v) is 8.75. The lowest BCUT2D eigenvalue weighted by atomic mass is 10.1. The number of carbonyl (C=O) groups excluding carboxylic acids is 1. The van der Waals surface area contributed by atoms with Gasteiger partial charge in [0.1, 0.15) is 6.54 Å². The minimum atomic E-state index is -0.0390. The van der Waals surface area contributed by atoms with E-state index >= 15 is 0 Å². The van der Waals surface area contributed by atoms with E-state index in [-0.39, 0.29) is 5.91 Å². The second-order valence-electron chi connectivity index (χ2n) is 6.01. The summed E-state index contributed by atoms with van der Waals surface area (Å²) in [6.45, 7) is 4.53. The van der Waals surface area contributed by atoms with Crippen LogP contribution < -0.4 is 14.4 Å². The van der Waals surface area contributed by atoms with Crippen molar-refractivity contribution in [1.82, 2.24) is 4.90 Å². The molecule has 0 bridgehead atoms. The molecule has 2 aromatic rings. The number of benzene rings is 1. The van der Waals surface area contributed by atoms with Gasteiger partial charge in [0.25, 0.3) is 5.91 Å². The van der Waals surface area contributed by atoms with Crippen molar-refractivity contribution in [1.29, 1.82) is 0 Å². The van der Waals surface area contributed by atoms with Crippen LogP contribution in [0.5, 0.6) is 11.5 Å². The normalized spacial score (nSPS) is 17.3. The molecule has 1 aromatic carbocycles. The molecule has 0 atom stereocenters. The number of ether oxygens (including phenoxy) is 2. The largest absolute Gasteiger partial charge is 0.454 e. The fourth-order valence-electron chi connectivity index (χ4n) is 3.13. The van der Waals surface area contributed by atoms with E-state index in [2.05, 4.69) is 22.0 Å². The quantitative estimate of drug-likeness (QED) is 0.853. The summed E-state index contributed by atoms with van der Waals surface area (Å²) in [6.07, 6.45) is 0. The number of piperazine rings is 1. The van der Waals surface area contributed by atoms with E-state index in [1.54, 1.807) is 12.1 Å². The predicted molar refractivity (Wildman–Crippen MR) is 89.3 cm³/mol. The van der Waals surface area contributed by atoms with Gasteiger partial charge in [0.15, 0.2) is 21.9 Å². The average Bonchev–Trinajstić information content (AvgIpc) is 3.23. The van der Waals surface area contributed by atoms with Crippen molar-refractivity contribution in [2.24, 2.45) is 0 Å². The van der Waals surface area contributed by atoms with E-state index in [1.807, 2.05) is 17.0 Å². The third kappa shape index (κ3) is 3.14. The maximum Gasteiger partial charge on any atom is 0.290 e. The van der Waals surface area contributed by atoms with Crippen molar-refractivity contribution in [2.45, 2.75) is 6.54 Å². The fourth-order valence-corrected chi connectivity index (χ4v) is 3.43. The minimum Gasteiger partial charge on any atom is -0.454 e. The minimum absolute atomic E-state index is 0.0390. The Hall–Kier alpha value is -1.99. The Labute approximate surface area is 148 Å². The van der Waals surface area contributed by atoms with Gasteiger partial charge in [-0.1, -0.05) is 0 Å². The van der Waals surface area contributed by atoms with Gasteiger partial charge in [-0.05, 0) is 46.3 Å². The lowest BCUT2D eigenvalue weighted by Crippen LogP contribution is -3.13.